The second kappa shape index (κ2) is 5.33. The average molecular weight is 165 g/mol. The Hall–Kier alpha value is -1.34. The highest BCUT2D eigenvalue weighted by Crippen LogP contribution is 1.87. The summed E-state index contributed by atoms with van der Waals surface area (Å²) in [4.78, 5) is 3.88. The van der Waals surface area contributed by atoms with E-state index in [1.54, 1.807) is 0 Å². The highest BCUT2D eigenvalue weighted by molar-refractivity contribution is 4.84. The third-order valence-electron chi connectivity index (χ3n) is 1.38. The number of hydrogen-bond donors (Lipinski definition) is 1. The SMILES string of the molecule is C#CCCNCCc1ncon1. The summed E-state index contributed by atoms with van der Waals surface area (Å²) < 4.78 is 4.57. The molecule has 0 radical (unpaired) electrons. The van der Waals surface area contributed by atoms with Crippen molar-refractivity contribution in [1.82, 2.24) is 15.5 Å². The van der Waals surface area contributed by atoms with Crippen molar-refractivity contribution in [3.8, 4) is 12.3 Å². The van der Waals surface area contributed by atoms with E-state index in [0.29, 0.717) is 0 Å². The summed E-state index contributed by atoms with van der Waals surface area (Å²) in [6.07, 6.45) is 7.94. The maximum absolute atomic E-state index is 5.08. The number of terminal acetylenes is 1. The predicted molar refractivity (Wildman–Crippen MR) is 44.3 cm³/mol. The molecule has 1 aromatic heterocycles. The molecule has 0 saturated carbocycles. The van der Waals surface area contributed by atoms with Crippen LogP contribution in [0.1, 0.15) is 12.2 Å². The maximum Gasteiger partial charge on any atom is 0.213 e. The topological polar surface area (TPSA) is 51.0 Å². The summed E-state index contributed by atoms with van der Waals surface area (Å²) >= 11 is 0. The second-order valence-electron chi connectivity index (χ2n) is 2.30. The van der Waals surface area contributed by atoms with Crippen LogP contribution in [0, 0.1) is 12.3 Å². The Morgan fingerprint density at radius 1 is 1.58 bits per heavy atom. The van der Waals surface area contributed by atoms with Crippen molar-refractivity contribution in [2.24, 2.45) is 0 Å². The number of nitrogens with zero attached hydrogens (tertiary/aromatic N) is 2. The van der Waals surface area contributed by atoms with Gasteiger partial charge in [-0.2, -0.15) is 4.98 Å². The lowest BCUT2D eigenvalue weighted by molar-refractivity contribution is 0.409. The van der Waals surface area contributed by atoms with Crippen LogP contribution < -0.4 is 5.32 Å². The van der Waals surface area contributed by atoms with Crippen molar-refractivity contribution in [3.05, 3.63) is 12.2 Å². The van der Waals surface area contributed by atoms with Gasteiger partial charge in [0.1, 0.15) is 0 Å². The Morgan fingerprint density at radius 3 is 3.17 bits per heavy atom. The zero-order chi connectivity index (χ0) is 8.65. The van der Waals surface area contributed by atoms with Crippen molar-refractivity contribution >= 4 is 0 Å². The Kier molecular flexibility index (Phi) is 3.89. The van der Waals surface area contributed by atoms with Gasteiger partial charge >= 0.3 is 0 Å². The van der Waals surface area contributed by atoms with Gasteiger partial charge in [-0.3, -0.25) is 0 Å². The van der Waals surface area contributed by atoms with Gasteiger partial charge in [-0.25, -0.2) is 0 Å². The van der Waals surface area contributed by atoms with Gasteiger partial charge in [-0.05, 0) is 0 Å². The minimum absolute atomic E-state index is 0.725. The maximum atomic E-state index is 5.08. The zero-order valence-corrected chi connectivity index (χ0v) is 6.79. The van der Waals surface area contributed by atoms with Gasteiger partial charge in [-0.1, -0.05) is 5.16 Å². The van der Waals surface area contributed by atoms with E-state index in [0.717, 1.165) is 31.8 Å². The molecule has 0 bridgehead atoms. The second-order valence-corrected chi connectivity index (χ2v) is 2.30. The third kappa shape index (κ3) is 3.17. The molecule has 4 nitrogen and oxygen atoms in total. The molecule has 64 valence electrons. The molecule has 0 atom stereocenters. The van der Waals surface area contributed by atoms with Crippen molar-refractivity contribution < 1.29 is 4.52 Å². The molecule has 1 rings (SSSR count). The van der Waals surface area contributed by atoms with Crippen LogP contribution in [0.4, 0.5) is 0 Å². The van der Waals surface area contributed by atoms with Crippen LogP contribution in [0.2, 0.25) is 0 Å². The summed E-state index contributed by atoms with van der Waals surface area (Å²) in [5.41, 5.74) is 0. The number of nitrogens with one attached hydrogen (secondary N) is 1. The lowest BCUT2D eigenvalue weighted by Crippen LogP contribution is -2.18. The van der Waals surface area contributed by atoms with Crippen LogP contribution in [-0.2, 0) is 6.42 Å². The standard InChI is InChI=1S/C8H11N3O/c1-2-3-5-9-6-4-8-10-7-12-11-8/h1,7,9H,3-6H2. The van der Waals surface area contributed by atoms with Crippen LogP contribution in [0.15, 0.2) is 10.9 Å². The lowest BCUT2D eigenvalue weighted by Gasteiger charge is -1.97. The van der Waals surface area contributed by atoms with E-state index in [4.69, 9.17) is 6.42 Å². The van der Waals surface area contributed by atoms with Crippen LogP contribution in [0.3, 0.4) is 0 Å². The first-order chi connectivity index (χ1) is 5.93. The average Bonchev–Trinajstić information content (AvgIpc) is 2.57. The molecule has 0 amide bonds. The first kappa shape index (κ1) is 8.75. The minimum atomic E-state index is 0.725. The van der Waals surface area contributed by atoms with Gasteiger partial charge in [-0.15, -0.1) is 12.3 Å². The van der Waals surface area contributed by atoms with Gasteiger partial charge in [0, 0.05) is 25.9 Å². The number of hydrogen-bond acceptors (Lipinski definition) is 4. The molecule has 0 aromatic carbocycles. The summed E-state index contributed by atoms with van der Waals surface area (Å²) in [5.74, 6) is 3.27. The lowest BCUT2D eigenvalue weighted by atomic mass is 10.4. The molecule has 0 spiro atoms. The van der Waals surface area contributed by atoms with Gasteiger partial charge in [0.2, 0.25) is 6.39 Å². The predicted octanol–water partition coefficient (Wildman–Crippen LogP) is 0.225. The molecule has 0 unspecified atom stereocenters. The van der Waals surface area contributed by atoms with Crippen LogP contribution in [0.5, 0.6) is 0 Å². The highest BCUT2D eigenvalue weighted by atomic mass is 16.5. The quantitative estimate of drug-likeness (QED) is 0.501. The minimum Gasteiger partial charge on any atom is -0.343 e. The molecule has 4 heteroatoms. The molecule has 0 aliphatic heterocycles. The van der Waals surface area contributed by atoms with Gasteiger partial charge in [0.15, 0.2) is 5.82 Å². The van der Waals surface area contributed by atoms with E-state index in [2.05, 4.69) is 25.9 Å². The molecular formula is C8H11N3O. The summed E-state index contributed by atoms with van der Waals surface area (Å²) in [6, 6.07) is 0. The molecule has 0 saturated heterocycles. The zero-order valence-electron chi connectivity index (χ0n) is 6.79. The van der Waals surface area contributed by atoms with Crippen molar-refractivity contribution in [3.63, 3.8) is 0 Å². The molecule has 1 N–H and O–H groups in total. The Labute approximate surface area is 71.4 Å². The summed E-state index contributed by atoms with van der Waals surface area (Å²) in [7, 11) is 0. The first-order valence-corrected chi connectivity index (χ1v) is 3.83. The van der Waals surface area contributed by atoms with Crippen LogP contribution in [-0.4, -0.2) is 23.2 Å². The van der Waals surface area contributed by atoms with E-state index in [1.807, 2.05) is 0 Å². The molecule has 0 aliphatic carbocycles. The normalized spacial score (nSPS) is 9.58. The molecule has 0 fully saturated rings. The molecule has 1 aromatic rings. The number of rotatable bonds is 5. The van der Waals surface area contributed by atoms with E-state index in [-0.39, 0.29) is 0 Å². The highest BCUT2D eigenvalue weighted by Gasteiger charge is 1.95. The van der Waals surface area contributed by atoms with E-state index < -0.39 is 0 Å². The van der Waals surface area contributed by atoms with Gasteiger partial charge in [0.05, 0.1) is 0 Å². The Balaban J connectivity index is 2.01. The smallest absolute Gasteiger partial charge is 0.213 e. The van der Waals surface area contributed by atoms with Crippen molar-refractivity contribution in [2.75, 3.05) is 13.1 Å². The molecule has 1 heterocycles. The van der Waals surface area contributed by atoms with E-state index in [9.17, 15) is 0 Å². The Morgan fingerprint density at radius 2 is 2.50 bits per heavy atom. The van der Waals surface area contributed by atoms with Crippen LogP contribution in [0.25, 0.3) is 0 Å². The van der Waals surface area contributed by atoms with Crippen molar-refractivity contribution in [2.45, 2.75) is 12.8 Å². The van der Waals surface area contributed by atoms with Crippen molar-refractivity contribution in [1.29, 1.82) is 0 Å². The molecule has 12 heavy (non-hydrogen) atoms. The summed E-state index contributed by atoms with van der Waals surface area (Å²) in [5, 5.41) is 6.83. The van der Waals surface area contributed by atoms with E-state index >= 15 is 0 Å². The van der Waals surface area contributed by atoms with Gasteiger partial charge < -0.3 is 9.84 Å². The monoisotopic (exact) mass is 165 g/mol. The first-order valence-electron chi connectivity index (χ1n) is 3.83. The largest absolute Gasteiger partial charge is 0.343 e. The fourth-order valence-corrected chi connectivity index (χ4v) is 0.788. The molecular weight excluding hydrogens is 154 g/mol. The van der Waals surface area contributed by atoms with E-state index in [1.165, 1.54) is 6.39 Å². The third-order valence-corrected chi connectivity index (χ3v) is 1.38. The molecule has 0 aliphatic rings. The fraction of sp³-hybridized carbons (Fsp3) is 0.500. The fourth-order valence-electron chi connectivity index (χ4n) is 0.788. The summed E-state index contributed by atoms with van der Waals surface area (Å²) in [6.45, 7) is 1.68. The Bertz CT molecular complexity index is 237. The number of aromatic nitrogens is 2. The van der Waals surface area contributed by atoms with Crippen LogP contribution >= 0.6 is 0 Å². The van der Waals surface area contributed by atoms with Gasteiger partial charge in [0.25, 0.3) is 0 Å².